The zero-order valence-electron chi connectivity index (χ0n) is 21.2. The number of halogens is 1. The number of hydrogen-bond donors (Lipinski definition) is 1. The first-order chi connectivity index (χ1) is 16.4. The smallest absolute Gasteiger partial charge is 0.304 e. The summed E-state index contributed by atoms with van der Waals surface area (Å²) < 4.78 is 41.5. The fraction of sp³-hybridized carbons (Fsp3) is 0.440. The molecule has 0 spiro atoms. The van der Waals surface area contributed by atoms with Gasteiger partial charge in [0.25, 0.3) is 0 Å². The van der Waals surface area contributed by atoms with Crippen molar-refractivity contribution in [1.82, 2.24) is 14.5 Å². The van der Waals surface area contributed by atoms with E-state index in [1.54, 1.807) is 6.92 Å². The molecule has 2 amide bonds. The van der Waals surface area contributed by atoms with Crippen molar-refractivity contribution in [2.45, 2.75) is 52.7 Å². The minimum absolute atomic E-state index is 0.0777. The summed E-state index contributed by atoms with van der Waals surface area (Å²) >= 11 is 0. The van der Waals surface area contributed by atoms with Crippen LogP contribution in [-0.4, -0.2) is 62.2 Å². The minimum atomic E-state index is -4.08. The van der Waals surface area contributed by atoms with Gasteiger partial charge in [-0.1, -0.05) is 36.8 Å². The van der Waals surface area contributed by atoms with Crippen LogP contribution in [0.5, 0.6) is 0 Å². The van der Waals surface area contributed by atoms with E-state index in [-0.39, 0.29) is 24.2 Å². The highest BCUT2D eigenvalue weighted by atomic mass is 32.2. The van der Waals surface area contributed by atoms with Gasteiger partial charge in [0.1, 0.15) is 18.4 Å². The number of amides is 2. The Hall–Kier alpha value is -2.98. The van der Waals surface area contributed by atoms with Gasteiger partial charge in [-0.15, -0.1) is 0 Å². The second kappa shape index (κ2) is 12.1. The average molecular weight is 507 g/mol. The Labute approximate surface area is 207 Å². The fourth-order valence-electron chi connectivity index (χ4n) is 3.26. The Balaban J connectivity index is 2.43. The number of aryl methyl sites for hydroxylation is 1. The highest BCUT2D eigenvalue weighted by Gasteiger charge is 2.32. The summed E-state index contributed by atoms with van der Waals surface area (Å²) in [6.07, 6.45) is 0.726. The van der Waals surface area contributed by atoms with E-state index in [4.69, 9.17) is 0 Å². The van der Waals surface area contributed by atoms with Gasteiger partial charge in [-0.25, -0.2) is 8.70 Å². The zero-order valence-corrected chi connectivity index (χ0v) is 22.0. The number of rotatable bonds is 11. The predicted octanol–water partition coefficient (Wildman–Crippen LogP) is 3.08. The molecule has 10 heteroatoms. The number of nitrogens with one attached hydrogen (secondary N) is 1. The summed E-state index contributed by atoms with van der Waals surface area (Å²) in [7, 11) is -1.39. The maximum Gasteiger partial charge on any atom is 0.304 e. The van der Waals surface area contributed by atoms with Gasteiger partial charge < -0.3 is 10.2 Å². The zero-order chi connectivity index (χ0) is 26.3. The summed E-state index contributed by atoms with van der Waals surface area (Å²) in [4.78, 5) is 27.9. The fourth-order valence-corrected chi connectivity index (χ4v) is 4.32. The van der Waals surface area contributed by atoms with E-state index in [1.165, 1.54) is 31.1 Å². The maximum atomic E-state index is 13.6. The molecular weight excluding hydrogens is 471 g/mol. The van der Waals surface area contributed by atoms with E-state index in [9.17, 15) is 22.4 Å². The number of benzene rings is 2. The third-order valence-electron chi connectivity index (χ3n) is 5.78. The first-order valence-corrected chi connectivity index (χ1v) is 12.9. The van der Waals surface area contributed by atoms with Crippen LogP contribution in [0, 0.1) is 12.7 Å². The lowest BCUT2D eigenvalue weighted by Crippen LogP contribution is -2.53. The lowest BCUT2D eigenvalue weighted by Gasteiger charge is -2.33. The standard InChI is InChI=1S/C25H35FN4O4S/c1-7-19(3)27-25(32)20(4)29(16-21-10-8-18(2)9-11-21)24(31)17-30(35(33,34)28(5)6)23-14-12-22(26)13-15-23/h8-15,19-20H,7,16-17H2,1-6H3,(H,27,32)/t19-,20+/m1/s1. The molecule has 0 unspecified atom stereocenters. The number of hydrogen-bond acceptors (Lipinski definition) is 4. The van der Waals surface area contributed by atoms with Crippen LogP contribution in [0.2, 0.25) is 0 Å². The predicted molar refractivity (Wildman–Crippen MR) is 135 cm³/mol. The first-order valence-electron chi connectivity index (χ1n) is 11.5. The van der Waals surface area contributed by atoms with Gasteiger partial charge in [-0.3, -0.25) is 9.59 Å². The first kappa shape index (κ1) is 28.3. The van der Waals surface area contributed by atoms with Gasteiger partial charge in [0.2, 0.25) is 11.8 Å². The van der Waals surface area contributed by atoms with Crippen LogP contribution in [-0.2, 0) is 26.3 Å². The minimum Gasteiger partial charge on any atom is -0.352 e. The quantitative estimate of drug-likeness (QED) is 0.507. The monoisotopic (exact) mass is 506 g/mol. The van der Waals surface area contributed by atoms with E-state index in [1.807, 2.05) is 45.0 Å². The van der Waals surface area contributed by atoms with Crippen LogP contribution in [0.1, 0.15) is 38.3 Å². The van der Waals surface area contributed by atoms with Crippen LogP contribution in [0.4, 0.5) is 10.1 Å². The normalized spacial score (nSPS) is 13.3. The van der Waals surface area contributed by atoms with Crippen molar-refractivity contribution in [3.05, 3.63) is 65.5 Å². The molecule has 0 saturated carbocycles. The van der Waals surface area contributed by atoms with E-state index in [0.717, 1.165) is 38.3 Å². The number of carbonyl (C=O) groups excluding carboxylic acids is 2. The summed E-state index contributed by atoms with van der Waals surface area (Å²) in [5.74, 6) is -1.42. The maximum absolute atomic E-state index is 13.6. The molecule has 8 nitrogen and oxygen atoms in total. The van der Waals surface area contributed by atoms with Gasteiger partial charge in [-0.2, -0.15) is 12.7 Å². The highest BCUT2D eigenvalue weighted by Crippen LogP contribution is 2.21. The molecule has 0 aliphatic heterocycles. The SMILES string of the molecule is CC[C@@H](C)NC(=O)[C@H](C)N(Cc1ccc(C)cc1)C(=O)CN(c1ccc(F)cc1)S(=O)(=O)N(C)C. The van der Waals surface area contributed by atoms with Crippen LogP contribution >= 0.6 is 0 Å². The molecule has 0 aliphatic rings. The lowest BCUT2D eigenvalue weighted by molar-refractivity contribution is -0.139. The van der Waals surface area contributed by atoms with Gasteiger partial charge in [0.15, 0.2) is 0 Å². The molecular formula is C25H35FN4O4S. The van der Waals surface area contributed by atoms with E-state index < -0.39 is 34.5 Å². The van der Waals surface area contributed by atoms with Gasteiger partial charge in [0, 0.05) is 26.7 Å². The molecule has 2 atom stereocenters. The van der Waals surface area contributed by atoms with E-state index in [2.05, 4.69) is 5.32 Å². The van der Waals surface area contributed by atoms with Crippen LogP contribution in [0.3, 0.4) is 0 Å². The third-order valence-corrected chi connectivity index (χ3v) is 7.60. The number of anilines is 1. The molecule has 2 aromatic carbocycles. The van der Waals surface area contributed by atoms with Gasteiger partial charge in [-0.05, 0) is 57.0 Å². The Kier molecular flexibility index (Phi) is 9.79. The second-order valence-electron chi connectivity index (χ2n) is 8.77. The average Bonchev–Trinajstić information content (AvgIpc) is 2.81. The molecule has 1 N–H and O–H groups in total. The van der Waals surface area contributed by atoms with Crippen LogP contribution in [0.25, 0.3) is 0 Å². The molecule has 0 aliphatic carbocycles. The van der Waals surface area contributed by atoms with Crippen molar-refractivity contribution in [2.24, 2.45) is 0 Å². The molecule has 0 heterocycles. The number of nitrogens with zero attached hydrogens (tertiary/aromatic N) is 3. The topological polar surface area (TPSA) is 90.0 Å². The Morgan fingerprint density at radius 3 is 2.09 bits per heavy atom. The summed E-state index contributed by atoms with van der Waals surface area (Å²) in [5, 5.41) is 2.88. The molecule has 2 rings (SSSR count). The van der Waals surface area contributed by atoms with Crippen molar-refractivity contribution in [3.63, 3.8) is 0 Å². The molecule has 192 valence electrons. The molecule has 0 aromatic heterocycles. The van der Waals surface area contributed by atoms with E-state index in [0.29, 0.717) is 0 Å². The largest absolute Gasteiger partial charge is 0.352 e. The van der Waals surface area contributed by atoms with Crippen LogP contribution in [0.15, 0.2) is 48.5 Å². The Bertz CT molecular complexity index is 1110. The highest BCUT2D eigenvalue weighted by molar-refractivity contribution is 7.90. The Morgan fingerprint density at radius 1 is 1.00 bits per heavy atom. The third kappa shape index (κ3) is 7.50. The second-order valence-corrected chi connectivity index (χ2v) is 10.8. The molecule has 0 fully saturated rings. The molecule has 0 radical (unpaired) electrons. The summed E-state index contributed by atoms with van der Waals surface area (Å²) in [6, 6.07) is 11.5. The summed E-state index contributed by atoms with van der Waals surface area (Å²) in [5.41, 5.74) is 1.99. The molecule has 0 saturated heterocycles. The number of carbonyl (C=O) groups is 2. The van der Waals surface area contributed by atoms with Crippen molar-refractivity contribution >= 4 is 27.7 Å². The molecule has 0 bridgehead atoms. The molecule has 35 heavy (non-hydrogen) atoms. The van der Waals surface area contributed by atoms with Crippen molar-refractivity contribution in [3.8, 4) is 0 Å². The van der Waals surface area contributed by atoms with Crippen LogP contribution < -0.4 is 9.62 Å². The van der Waals surface area contributed by atoms with Crippen molar-refractivity contribution in [2.75, 3.05) is 24.9 Å². The molecule has 2 aromatic rings. The van der Waals surface area contributed by atoms with Gasteiger partial charge >= 0.3 is 10.2 Å². The Morgan fingerprint density at radius 2 is 1.57 bits per heavy atom. The van der Waals surface area contributed by atoms with Crippen molar-refractivity contribution in [1.29, 1.82) is 0 Å². The van der Waals surface area contributed by atoms with Crippen molar-refractivity contribution < 1.29 is 22.4 Å². The van der Waals surface area contributed by atoms with E-state index >= 15 is 0 Å². The lowest BCUT2D eigenvalue weighted by atomic mass is 10.1. The van der Waals surface area contributed by atoms with Gasteiger partial charge in [0.05, 0.1) is 5.69 Å². The summed E-state index contributed by atoms with van der Waals surface area (Å²) in [6.45, 7) is 6.94.